The lowest BCUT2D eigenvalue weighted by molar-refractivity contribution is 0.215. The molecule has 2 rings (SSSR count). The molecule has 0 aromatic heterocycles. The monoisotopic (exact) mass is 294 g/mol. The molecule has 0 heterocycles. The number of urea groups is 1. The molecule has 1 aromatic rings. The molecule has 1 aromatic carbocycles. The Labute approximate surface area is 123 Å². The maximum Gasteiger partial charge on any atom is 0.315 e. The van der Waals surface area contributed by atoms with E-state index in [-0.39, 0.29) is 18.7 Å². The molecule has 2 atom stereocenters. The minimum atomic E-state index is -0.431. The molecular formula is C15H19ClN2O2. The van der Waals surface area contributed by atoms with Crippen molar-refractivity contribution >= 4 is 17.6 Å². The highest BCUT2D eigenvalue weighted by Crippen LogP contribution is 2.16. The van der Waals surface area contributed by atoms with E-state index >= 15 is 0 Å². The summed E-state index contributed by atoms with van der Waals surface area (Å²) in [6, 6.07) is 6.45. The van der Waals surface area contributed by atoms with E-state index in [1.54, 1.807) is 24.3 Å². The quantitative estimate of drug-likeness (QED) is 0.748. The third kappa shape index (κ3) is 4.25. The van der Waals surface area contributed by atoms with Crippen LogP contribution in [0.15, 0.2) is 36.4 Å². The van der Waals surface area contributed by atoms with Crippen molar-refractivity contribution in [2.75, 3.05) is 6.61 Å². The average Bonchev–Trinajstić information content (AvgIpc) is 2.47. The van der Waals surface area contributed by atoms with E-state index in [1.165, 1.54) is 0 Å². The van der Waals surface area contributed by atoms with Crippen LogP contribution in [0.5, 0.6) is 0 Å². The topological polar surface area (TPSA) is 61.4 Å². The fraction of sp³-hybridized carbons (Fsp3) is 0.400. The second-order valence-electron chi connectivity index (χ2n) is 4.87. The van der Waals surface area contributed by atoms with Gasteiger partial charge in [0.05, 0.1) is 12.6 Å². The van der Waals surface area contributed by atoms with Crippen LogP contribution in [0.4, 0.5) is 4.79 Å². The van der Waals surface area contributed by atoms with Crippen LogP contribution in [0.3, 0.4) is 0 Å². The number of hydrogen-bond acceptors (Lipinski definition) is 2. The van der Waals surface area contributed by atoms with E-state index in [0.29, 0.717) is 5.02 Å². The molecule has 108 valence electrons. The average molecular weight is 295 g/mol. The third-order valence-corrected chi connectivity index (χ3v) is 3.58. The minimum absolute atomic E-state index is 0.0771. The molecule has 0 aliphatic heterocycles. The summed E-state index contributed by atoms with van der Waals surface area (Å²) in [5.74, 6) is 0. The van der Waals surface area contributed by atoms with Gasteiger partial charge < -0.3 is 15.7 Å². The number of amides is 2. The molecule has 2 amide bonds. The smallest absolute Gasteiger partial charge is 0.315 e. The molecule has 4 nitrogen and oxygen atoms in total. The zero-order valence-electron chi connectivity index (χ0n) is 11.2. The van der Waals surface area contributed by atoms with Crippen molar-refractivity contribution in [2.45, 2.75) is 31.3 Å². The lowest BCUT2D eigenvalue weighted by atomic mass is 10.0. The van der Waals surface area contributed by atoms with Crippen LogP contribution in [0.25, 0.3) is 0 Å². The van der Waals surface area contributed by atoms with Gasteiger partial charge in [-0.25, -0.2) is 4.79 Å². The Hall–Kier alpha value is -1.52. The summed E-state index contributed by atoms with van der Waals surface area (Å²) >= 11 is 5.82. The normalized spacial score (nSPS) is 19.4. The van der Waals surface area contributed by atoms with Gasteiger partial charge >= 0.3 is 6.03 Å². The lowest BCUT2D eigenvalue weighted by Gasteiger charge is -2.21. The lowest BCUT2D eigenvalue weighted by Crippen LogP contribution is -2.44. The van der Waals surface area contributed by atoms with Crippen LogP contribution in [0, 0.1) is 0 Å². The molecule has 0 spiro atoms. The third-order valence-electron chi connectivity index (χ3n) is 3.33. The Morgan fingerprint density at radius 1 is 1.40 bits per heavy atom. The fourth-order valence-corrected chi connectivity index (χ4v) is 2.36. The molecule has 1 aliphatic rings. The SMILES string of the molecule is O=C(NC1C=CCCC1)NC(CO)c1ccc(Cl)cc1. The second-order valence-corrected chi connectivity index (χ2v) is 5.31. The summed E-state index contributed by atoms with van der Waals surface area (Å²) in [5, 5.41) is 15.7. The number of nitrogens with one attached hydrogen (secondary N) is 2. The summed E-state index contributed by atoms with van der Waals surface area (Å²) < 4.78 is 0. The first-order valence-electron chi connectivity index (χ1n) is 6.79. The summed E-state index contributed by atoms with van der Waals surface area (Å²) in [6.07, 6.45) is 7.21. The van der Waals surface area contributed by atoms with E-state index in [1.807, 2.05) is 6.08 Å². The number of carbonyl (C=O) groups excluding carboxylic acids is 1. The summed E-state index contributed by atoms with van der Waals surface area (Å²) in [6.45, 7) is -0.157. The van der Waals surface area contributed by atoms with Crippen LogP contribution < -0.4 is 10.6 Å². The number of halogens is 1. The molecule has 20 heavy (non-hydrogen) atoms. The van der Waals surface area contributed by atoms with Crippen molar-refractivity contribution in [3.05, 3.63) is 47.0 Å². The zero-order valence-corrected chi connectivity index (χ0v) is 11.9. The Balaban J connectivity index is 1.92. The molecule has 0 bridgehead atoms. The summed E-state index contributed by atoms with van der Waals surface area (Å²) in [5.41, 5.74) is 0.825. The van der Waals surface area contributed by atoms with Crippen molar-refractivity contribution in [3.63, 3.8) is 0 Å². The number of aliphatic hydroxyl groups is 1. The maximum atomic E-state index is 11.9. The molecule has 5 heteroatoms. The number of hydrogen-bond donors (Lipinski definition) is 3. The van der Waals surface area contributed by atoms with Gasteiger partial charge in [-0.1, -0.05) is 35.9 Å². The first kappa shape index (κ1) is 14.9. The summed E-state index contributed by atoms with van der Waals surface area (Å²) in [4.78, 5) is 11.9. The van der Waals surface area contributed by atoms with Crippen molar-refractivity contribution in [1.29, 1.82) is 0 Å². The highest BCUT2D eigenvalue weighted by Gasteiger charge is 2.16. The van der Waals surface area contributed by atoms with Crippen molar-refractivity contribution in [1.82, 2.24) is 10.6 Å². The Morgan fingerprint density at radius 3 is 2.75 bits per heavy atom. The van der Waals surface area contributed by atoms with Crippen LogP contribution >= 0.6 is 11.6 Å². The van der Waals surface area contributed by atoms with E-state index < -0.39 is 6.04 Å². The largest absolute Gasteiger partial charge is 0.394 e. The summed E-state index contributed by atoms with van der Waals surface area (Å²) in [7, 11) is 0. The van der Waals surface area contributed by atoms with Crippen molar-refractivity contribution < 1.29 is 9.90 Å². The molecule has 2 unspecified atom stereocenters. The molecule has 0 saturated heterocycles. The number of carbonyl (C=O) groups is 1. The van der Waals surface area contributed by atoms with Gasteiger partial charge in [0.15, 0.2) is 0 Å². The van der Waals surface area contributed by atoms with E-state index in [0.717, 1.165) is 24.8 Å². The van der Waals surface area contributed by atoms with E-state index in [2.05, 4.69) is 16.7 Å². The van der Waals surface area contributed by atoms with Gasteiger partial charge in [0.2, 0.25) is 0 Å². The van der Waals surface area contributed by atoms with Crippen LogP contribution in [-0.2, 0) is 0 Å². The van der Waals surface area contributed by atoms with Crippen molar-refractivity contribution in [3.8, 4) is 0 Å². The van der Waals surface area contributed by atoms with Gasteiger partial charge in [-0.15, -0.1) is 0 Å². The predicted octanol–water partition coefficient (Wildman–Crippen LogP) is 2.78. The maximum absolute atomic E-state index is 11.9. The Morgan fingerprint density at radius 2 is 2.15 bits per heavy atom. The van der Waals surface area contributed by atoms with Gasteiger partial charge in [-0.3, -0.25) is 0 Å². The Bertz CT molecular complexity index is 473. The van der Waals surface area contributed by atoms with Crippen LogP contribution in [-0.4, -0.2) is 23.8 Å². The standard InChI is InChI=1S/C15H19ClN2O2/c16-12-8-6-11(7-9-12)14(10-19)18-15(20)17-13-4-2-1-3-5-13/h2,4,6-9,13-14,19H,1,3,5,10H2,(H2,17,18,20). The van der Waals surface area contributed by atoms with Crippen LogP contribution in [0.2, 0.25) is 5.02 Å². The highest BCUT2D eigenvalue weighted by atomic mass is 35.5. The number of rotatable bonds is 4. The Kier molecular flexibility index (Phi) is 5.44. The van der Waals surface area contributed by atoms with E-state index in [9.17, 15) is 9.90 Å². The van der Waals surface area contributed by atoms with Gasteiger partial charge in [-0.2, -0.15) is 0 Å². The predicted molar refractivity (Wildman–Crippen MR) is 79.7 cm³/mol. The van der Waals surface area contributed by atoms with Gasteiger partial charge in [0.25, 0.3) is 0 Å². The molecular weight excluding hydrogens is 276 g/mol. The zero-order chi connectivity index (χ0) is 14.4. The van der Waals surface area contributed by atoms with Crippen LogP contribution in [0.1, 0.15) is 30.9 Å². The first-order chi connectivity index (χ1) is 9.69. The van der Waals surface area contributed by atoms with Gasteiger partial charge in [0, 0.05) is 11.1 Å². The van der Waals surface area contributed by atoms with E-state index in [4.69, 9.17) is 11.6 Å². The second kappa shape index (κ2) is 7.31. The molecule has 3 N–H and O–H groups in total. The molecule has 0 radical (unpaired) electrons. The van der Waals surface area contributed by atoms with Gasteiger partial charge in [-0.05, 0) is 37.0 Å². The van der Waals surface area contributed by atoms with Gasteiger partial charge in [0.1, 0.15) is 0 Å². The number of allylic oxidation sites excluding steroid dienone is 1. The molecule has 1 aliphatic carbocycles. The number of benzene rings is 1. The number of aliphatic hydroxyl groups excluding tert-OH is 1. The minimum Gasteiger partial charge on any atom is -0.394 e. The molecule has 0 fully saturated rings. The molecule has 0 saturated carbocycles. The highest BCUT2D eigenvalue weighted by molar-refractivity contribution is 6.30. The fourth-order valence-electron chi connectivity index (χ4n) is 2.23. The first-order valence-corrected chi connectivity index (χ1v) is 7.17. The van der Waals surface area contributed by atoms with Crippen molar-refractivity contribution in [2.24, 2.45) is 0 Å².